The Hall–Kier alpha value is -3.42. The summed E-state index contributed by atoms with van der Waals surface area (Å²) in [6, 6.07) is 10.3. The lowest BCUT2D eigenvalue weighted by Crippen LogP contribution is -2.17. The molecule has 1 heterocycles. The highest BCUT2D eigenvalue weighted by molar-refractivity contribution is 6.10. The average molecular weight is 325 g/mol. The molecule has 0 fully saturated rings. The average Bonchev–Trinajstić information content (AvgIpc) is 3.09. The van der Waals surface area contributed by atoms with Crippen LogP contribution in [0.4, 0.5) is 10.1 Å². The summed E-state index contributed by atoms with van der Waals surface area (Å²) in [4.78, 5) is 24.2. The molecule has 1 amide bonds. The van der Waals surface area contributed by atoms with E-state index in [0.717, 1.165) is 6.07 Å². The predicted molar refractivity (Wildman–Crippen MR) is 83.5 cm³/mol. The van der Waals surface area contributed by atoms with Gasteiger partial charge >= 0.3 is 0 Å². The number of benzene rings is 2. The summed E-state index contributed by atoms with van der Waals surface area (Å²) in [6.07, 6.45) is 1.26. The number of nitrogens with zero attached hydrogens (tertiary/aromatic N) is 4. The molecule has 24 heavy (non-hydrogen) atoms. The molecule has 0 spiro atoms. The second-order valence-electron chi connectivity index (χ2n) is 4.97. The number of aromatic nitrogens is 4. The van der Waals surface area contributed by atoms with Crippen LogP contribution in [0, 0.1) is 5.82 Å². The molecular formula is C16H12FN5O2. The maximum Gasteiger partial charge on any atom is 0.257 e. The van der Waals surface area contributed by atoms with E-state index in [-0.39, 0.29) is 17.0 Å². The van der Waals surface area contributed by atoms with E-state index in [1.54, 1.807) is 24.3 Å². The minimum absolute atomic E-state index is 0.169. The highest BCUT2D eigenvalue weighted by atomic mass is 19.1. The molecule has 0 aliphatic carbocycles. The van der Waals surface area contributed by atoms with E-state index in [0.29, 0.717) is 11.3 Å². The van der Waals surface area contributed by atoms with Gasteiger partial charge in [0, 0.05) is 11.6 Å². The van der Waals surface area contributed by atoms with Crippen LogP contribution in [-0.2, 0) is 0 Å². The van der Waals surface area contributed by atoms with E-state index in [1.807, 2.05) is 0 Å². The number of amides is 1. The third kappa shape index (κ3) is 3.02. The van der Waals surface area contributed by atoms with E-state index >= 15 is 0 Å². The van der Waals surface area contributed by atoms with E-state index in [1.165, 1.54) is 30.1 Å². The Morgan fingerprint density at radius 1 is 1.12 bits per heavy atom. The number of carbonyl (C=O) groups excluding carboxylic acids is 2. The number of halogens is 1. The largest absolute Gasteiger partial charge is 0.321 e. The maximum absolute atomic E-state index is 13.5. The number of carbonyl (C=O) groups is 2. The Bertz CT molecular complexity index is 909. The summed E-state index contributed by atoms with van der Waals surface area (Å²) in [5.74, 6) is -1.21. The van der Waals surface area contributed by atoms with Crippen LogP contribution in [0.3, 0.4) is 0 Å². The fraction of sp³-hybridized carbons (Fsp3) is 0.0625. The molecule has 0 aliphatic heterocycles. The molecule has 0 bridgehead atoms. The SMILES string of the molecule is CC(=O)c1ccccc1NC(=O)c1ccc(F)cc1-n1cnnn1. The van der Waals surface area contributed by atoms with Crippen LogP contribution in [-0.4, -0.2) is 31.9 Å². The number of tetrazole rings is 1. The van der Waals surface area contributed by atoms with Gasteiger partial charge in [-0.1, -0.05) is 12.1 Å². The minimum atomic E-state index is -0.527. The molecule has 1 aromatic heterocycles. The van der Waals surface area contributed by atoms with Gasteiger partial charge in [0.15, 0.2) is 5.78 Å². The zero-order chi connectivity index (χ0) is 17.1. The monoisotopic (exact) mass is 325 g/mol. The molecule has 0 saturated heterocycles. The van der Waals surface area contributed by atoms with E-state index in [2.05, 4.69) is 20.8 Å². The standard InChI is InChI=1S/C16H12FN5O2/c1-10(23)12-4-2-3-5-14(12)19-16(24)13-7-6-11(17)8-15(13)22-9-18-20-21-22/h2-9H,1H3,(H,19,24). The normalized spacial score (nSPS) is 10.4. The van der Waals surface area contributed by atoms with Crippen molar-refractivity contribution in [1.82, 2.24) is 20.2 Å². The van der Waals surface area contributed by atoms with E-state index < -0.39 is 11.7 Å². The Morgan fingerprint density at radius 2 is 1.92 bits per heavy atom. The molecule has 8 heteroatoms. The third-order valence-electron chi connectivity index (χ3n) is 3.35. The fourth-order valence-corrected chi connectivity index (χ4v) is 2.25. The summed E-state index contributed by atoms with van der Waals surface area (Å²) in [5, 5.41) is 13.3. The second-order valence-corrected chi connectivity index (χ2v) is 4.97. The van der Waals surface area contributed by atoms with Gasteiger partial charge in [-0.05, 0) is 41.6 Å². The Morgan fingerprint density at radius 3 is 2.62 bits per heavy atom. The first-order valence-corrected chi connectivity index (χ1v) is 7.00. The highest BCUT2D eigenvalue weighted by Crippen LogP contribution is 2.20. The smallest absolute Gasteiger partial charge is 0.257 e. The summed E-state index contributed by atoms with van der Waals surface area (Å²) in [7, 11) is 0. The summed E-state index contributed by atoms with van der Waals surface area (Å²) < 4.78 is 14.7. The van der Waals surface area contributed by atoms with Gasteiger partial charge in [-0.2, -0.15) is 4.68 Å². The van der Waals surface area contributed by atoms with Crippen LogP contribution >= 0.6 is 0 Å². The molecule has 0 atom stereocenters. The summed E-state index contributed by atoms with van der Waals surface area (Å²) >= 11 is 0. The van der Waals surface area contributed by atoms with Crippen LogP contribution in [0.5, 0.6) is 0 Å². The number of para-hydroxylation sites is 1. The first kappa shape index (κ1) is 15.5. The first-order valence-electron chi connectivity index (χ1n) is 7.00. The first-order chi connectivity index (χ1) is 11.6. The maximum atomic E-state index is 13.5. The zero-order valence-electron chi connectivity index (χ0n) is 12.6. The lowest BCUT2D eigenvalue weighted by molar-refractivity contribution is 0.101. The van der Waals surface area contributed by atoms with Crippen LogP contribution in [0.2, 0.25) is 0 Å². The quantitative estimate of drug-likeness (QED) is 0.743. The third-order valence-corrected chi connectivity index (χ3v) is 3.35. The van der Waals surface area contributed by atoms with Gasteiger partial charge in [0.1, 0.15) is 12.1 Å². The van der Waals surface area contributed by atoms with Crippen LogP contribution in [0.15, 0.2) is 48.8 Å². The molecule has 0 aliphatic rings. The van der Waals surface area contributed by atoms with Crippen molar-refractivity contribution in [3.8, 4) is 5.69 Å². The molecule has 0 unspecified atom stereocenters. The van der Waals surface area contributed by atoms with Crippen molar-refractivity contribution < 1.29 is 14.0 Å². The van der Waals surface area contributed by atoms with Crippen molar-refractivity contribution in [2.45, 2.75) is 6.92 Å². The van der Waals surface area contributed by atoms with E-state index in [9.17, 15) is 14.0 Å². The highest BCUT2D eigenvalue weighted by Gasteiger charge is 2.17. The topological polar surface area (TPSA) is 89.8 Å². The number of hydrogen-bond donors (Lipinski definition) is 1. The number of Topliss-reactive ketones (excluding diaryl/α,β-unsaturated/α-hetero) is 1. The predicted octanol–water partition coefficient (Wildman–Crippen LogP) is 2.26. The van der Waals surface area contributed by atoms with Crippen LogP contribution < -0.4 is 5.32 Å². The van der Waals surface area contributed by atoms with Gasteiger partial charge in [0.05, 0.1) is 16.9 Å². The second kappa shape index (κ2) is 6.37. The molecular weight excluding hydrogens is 313 g/mol. The van der Waals surface area contributed by atoms with Gasteiger partial charge in [0.2, 0.25) is 0 Å². The van der Waals surface area contributed by atoms with Gasteiger partial charge < -0.3 is 5.32 Å². The Balaban J connectivity index is 1.99. The van der Waals surface area contributed by atoms with Crippen molar-refractivity contribution in [3.63, 3.8) is 0 Å². The molecule has 120 valence electrons. The van der Waals surface area contributed by atoms with Gasteiger partial charge in [-0.25, -0.2) is 4.39 Å². The van der Waals surface area contributed by atoms with Gasteiger partial charge in [0.25, 0.3) is 5.91 Å². The van der Waals surface area contributed by atoms with Crippen molar-refractivity contribution in [2.75, 3.05) is 5.32 Å². The van der Waals surface area contributed by atoms with Crippen molar-refractivity contribution >= 4 is 17.4 Å². The van der Waals surface area contributed by atoms with Gasteiger partial charge in [-0.3, -0.25) is 9.59 Å². The lowest BCUT2D eigenvalue weighted by Gasteiger charge is -2.11. The van der Waals surface area contributed by atoms with Crippen molar-refractivity contribution in [1.29, 1.82) is 0 Å². The Kier molecular flexibility index (Phi) is 4.11. The molecule has 1 N–H and O–H groups in total. The van der Waals surface area contributed by atoms with E-state index in [4.69, 9.17) is 0 Å². The molecule has 2 aromatic carbocycles. The number of nitrogens with one attached hydrogen (secondary N) is 1. The molecule has 0 radical (unpaired) electrons. The minimum Gasteiger partial charge on any atom is -0.321 e. The Labute approximate surface area is 136 Å². The number of anilines is 1. The molecule has 3 rings (SSSR count). The fourth-order valence-electron chi connectivity index (χ4n) is 2.25. The number of hydrogen-bond acceptors (Lipinski definition) is 5. The number of rotatable bonds is 4. The lowest BCUT2D eigenvalue weighted by atomic mass is 10.1. The van der Waals surface area contributed by atoms with Crippen molar-refractivity contribution in [3.05, 3.63) is 65.7 Å². The zero-order valence-corrected chi connectivity index (χ0v) is 12.6. The van der Waals surface area contributed by atoms with Crippen LogP contribution in [0.1, 0.15) is 27.6 Å². The summed E-state index contributed by atoms with van der Waals surface area (Å²) in [5.41, 5.74) is 1.12. The van der Waals surface area contributed by atoms with Gasteiger partial charge in [-0.15, -0.1) is 5.10 Å². The summed E-state index contributed by atoms with van der Waals surface area (Å²) in [6.45, 7) is 1.41. The van der Waals surface area contributed by atoms with Crippen LogP contribution in [0.25, 0.3) is 5.69 Å². The molecule has 7 nitrogen and oxygen atoms in total. The van der Waals surface area contributed by atoms with Crippen molar-refractivity contribution in [2.24, 2.45) is 0 Å². The molecule has 0 saturated carbocycles. The number of ketones is 1. The molecule has 3 aromatic rings.